The summed E-state index contributed by atoms with van der Waals surface area (Å²) < 4.78 is 5.23. The molecule has 0 atom stereocenters. The molecule has 1 aliphatic rings. The number of hydrogen-bond donors (Lipinski definition) is 1. The van der Waals surface area contributed by atoms with Crippen LogP contribution in [0.4, 0.5) is 5.69 Å². The zero-order chi connectivity index (χ0) is 14.8. The second-order valence-electron chi connectivity index (χ2n) is 6.85. The van der Waals surface area contributed by atoms with Gasteiger partial charge in [0.05, 0.1) is 12.6 Å². The van der Waals surface area contributed by atoms with Gasteiger partial charge in [-0.25, -0.2) is 0 Å². The molecule has 0 radical (unpaired) electrons. The van der Waals surface area contributed by atoms with Crippen LogP contribution in [0.25, 0.3) is 0 Å². The zero-order valence-electron chi connectivity index (χ0n) is 13.3. The summed E-state index contributed by atoms with van der Waals surface area (Å²) in [4.78, 5) is 2.38. The summed E-state index contributed by atoms with van der Waals surface area (Å²) in [5, 5.41) is 0. The standard InChI is InChI=1S/C17H28N2O/c1-16(2)9-11-17(13-18,12-10-16)19(3)14-5-7-15(20-4)8-6-14/h5-8H,9-13,18H2,1-4H3. The van der Waals surface area contributed by atoms with Crippen LogP contribution in [-0.2, 0) is 0 Å². The van der Waals surface area contributed by atoms with E-state index >= 15 is 0 Å². The van der Waals surface area contributed by atoms with E-state index in [0.29, 0.717) is 12.0 Å². The second kappa shape index (κ2) is 5.65. The first-order chi connectivity index (χ1) is 9.42. The summed E-state index contributed by atoms with van der Waals surface area (Å²) in [6.45, 7) is 5.44. The Kier molecular flexibility index (Phi) is 4.28. The van der Waals surface area contributed by atoms with Crippen molar-refractivity contribution in [2.75, 3.05) is 25.6 Å². The van der Waals surface area contributed by atoms with Crippen LogP contribution < -0.4 is 15.4 Å². The number of methoxy groups -OCH3 is 1. The van der Waals surface area contributed by atoms with Crippen LogP contribution in [0.3, 0.4) is 0 Å². The zero-order valence-corrected chi connectivity index (χ0v) is 13.3. The molecule has 1 aromatic carbocycles. The van der Waals surface area contributed by atoms with Crippen molar-refractivity contribution >= 4 is 5.69 Å². The monoisotopic (exact) mass is 276 g/mol. The lowest BCUT2D eigenvalue weighted by atomic mass is 9.68. The van der Waals surface area contributed by atoms with Crippen LogP contribution in [0.2, 0.25) is 0 Å². The fourth-order valence-corrected chi connectivity index (χ4v) is 3.15. The molecule has 0 aliphatic heterocycles. The van der Waals surface area contributed by atoms with Crippen molar-refractivity contribution in [3.05, 3.63) is 24.3 Å². The van der Waals surface area contributed by atoms with E-state index in [9.17, 15) is 0 Å². The molecule has 2 N–H and O–H groups in total. The maximum atomic E-state index is 6.15. The van der Waals surface area contributed by atoms with Gasteiger partial charge in [0.15, 0.2) is 0 Å². The van der Waals surface area contributed by atoms with Crippen LogP contribution in [0, 0.1) is 5.41 Å². The van der Waals surface area contributed by atoms with Crippen molar-refractivity contribution in [1.82, 2.24) is 0 Å². The number of nitrogens with zero attached hydrogens (tertiary/aromatic N) is 1. The van der Waals surface area contributed by atoms with Crippen LogP contribution in [0.5, 0.6) is 5.75 Å². The average molecular weight is 276 g/mol. The molecular weight excluding hydrogens is 248 g/mol. The number of likely N-dealkylation sites (N-methyl/N-ethyl adjacent to an activating group) is 1. The topological polar surface area (TPSA) is 38.5 Å². The molecule has 1 aromatic rings. The van der Waals surface area contributed by atoms with Crippen molar-refractivity contribution < 1.29 is 4.74 Å². The number of rotatable bonds is 4. The third kappa shape index (κ3) is 2.93. The van der Waals surface area contributed by atoms with E-state index in [0.717, 1.165) is 5.75 Å². The number of hydrogen-bond acceptors (Lipinski definition) is 3. The van der Waals surface area contributed by atoms with Crippen molar-refractivity contribution in [2.24, 2.45) is 11.1 Å². The normalized spacial score (nSPS) is 20.4. The molecule has 3 nitrogen and oxygen atoms in total. The highest BCUT2D eigenvalue weighted by atomic mass is 16.5. The largest absolute Gasteiger partial charge is 0.497 e. The quantitative estimate of drug-likeness (QED) is 0.915. The Morgan fingerprint density at radius 2 is 1.65 bits per heavy atom. The highest BCUT2D eigenvalue weighted by molar-refractivity contribution is 5.51. The van der Waals surface area contributed by atoms with E-state index in [4.69, 9.17) is 10.5 Å². The molecule has 20 heavy (non-hydrogen) atoms. The van der Waals surface area contributed by atoms with Gasteiger partial charge >= 0.3 is 0 Å². The van der Waals surface area contributed by atoms with E-state index in [-0.39, 0.29) is 5.54 Å². The number of anilines is 1. The molecule has 0 amide bonds. The van der Waals surface area contributed by atoms with Gasteiger partial charge in [0.1, 0.15) is 5.75 Å². The molecule has 1 saturated carbocycles. The van der Waals surface area contributed by atoms with Crippen LogP contribution >= 0.6 is 0 Å². The fraction of sp³-hybridized carbons (Fsp3) is 0.647. The summed E-state index contributed by atoms with van der Waals surface area (Å²) in [5.74, 6) is 0.897. The molecule has 0 spiro atoms. The predicted octanol–water partition coefficient (Wildman–Crippen LogP) is 3.43. The second-order valence-corrected chi connectivity index (χ2v) is 6.85. The van der Waals surface area contributed by atoms with Crippen LogP contribution in [0.1, 0.15) is 39.5 Å². The first kappa shape index (κ1) is 15.2. The van der Waals surface area contributed by atoms with Crippen molar-refractivity contribution in [2.45, 2.75) is 45.1 Å². The van der Waals surface area contributed by atoms with Crippen LogP contribution in [0.15, 0.2) is 24.3 Å². The van der Waals surface area contributed by atoms with E-state index in [1.54, 1.807) is 7.11 Å². The van der Waals surface area contributed by atoms with Gasteiger partial charge in [0, 0.05) is 19.3 Å². The summed E-state index contributed by atoms with van der Waals surface area (Å²) >= 11 is 0. The Balaban J connectivity index is 2.18. The lowest BCUT2D eigenvalue weighted by Gasteiger charge is -2.49. The molecule has 0 unspecified atom stereocenters. The first-order valence-electron chi connectivity index (χ1n) is 7.50. The Morgan fingerprint density at radius 1 is 1.10 bits per heavy atom. The van der Waals surface area contributed by atoms with E-state index < -0.39 is 0 Å². The highest BCUT2D eigenvalue weighted by Crippen LogP contribution is 2.43. The number of nitrogens with two attached hydrogens (primary N) is 1. The predicted molar refractivity (Wildman–Crippen MR) is 85.4 cm³/mol. The minimum Gasteiger partial charge on any atom is -0.497 e. The van der Waals surface area contributed by atoms with E-state index in [1.807, 2.05) is 12.1 Å². The first-order valence-corrected chi connectivity index (χ1v) is 7.50. The van der Waals surface area contributed by atoms with Crippen LogP contribution in [-0.4, -0.2) is 26.2 Å². The Morgan fingerprint density at radius 3 is 2.10 bits per heavy atom. The molecule has 0 saturated heterocycles. The fourth-order valence-electron chi connectivity index (χ4n) is 3.15. The van der Waals surface area contributed by atoms with Gasteiger partial charge in [-0.05, 0) is 55.4 Å². The van der Waals surface area contributed by atoms with Gasteiger partial charge in [-0.2, -0.15) is 0 Å². The molecule has 0 aromatic heterocycles. The lowest BCUT2D eigenvalue weighted by molar-refractivity contribution is 0.165. The Hall–Kier alpha value is -1.22. The summed E-state index contributed by atoms with van der Waals surface area (Å²) in [7, 11) is 3.87. The van der Waals surface area contributed by atoms with E-state index in [2.05, 4.69) is 37.9 Å². The molecule has 3 heteroatoms. The molecule has 0 bridgehead atoms. The maximum absolute atomic E-state index is 6.15. The minimum absolute atomic E-state index is 0.101. The Labute approximate surface area is 123 Å². The molecular formula is C17H28N2O. The number of ether oxygens (including phenoxy) is 1. The molecule has 1 aliphatic carbocycles. The third-order valence-corrected chi connectivity index (χ3v) is 5.09. The smallest absolute Gasteiger partial charge is 0.119 e. The number of benzene rings is 1. The summed E-state index contributed by atoms with van der Waals surface area (Å²) in [6, 6.07) is 8.28. The third-order valence-electron chi connectivity index (χ3n) is 5.09. The average Bonchev–Trinajstić information content (AvgIpc) is 2.47. The molecule has 0 heterocycles. The molecule has 1 fully saturated rings. The summed E-state index contributed by atoms with van der Waals surface area (Å²) in [5.41, 5.74) is 7.93. The van der Waals surface area contributed by atoms with Gasteiger partial charge in [0.25, 0.3) is 0 Å². The van der Waals surface area contributed by atoms with Crippen molar-refractivity contribution in [1.29, 1.82) is 0 Å². The van der Waals surface area contributed by atoms with Gasteiger partial charge < -0.3 is 15.4 Å². The van der Waals surface area contributed by atoms with Gasteiger partial charge in [0.2, 0.25) is 0 Å². The summed E-state index contributed by atoms with van der Waals surface area (Å²) in [6.07, 6.45) is 4.81. The van der Waals surface area contributed by atoms with E-state index in [1.165, 1.54) is 31.4 Å². The van der Waals surface area contributed by atoms with Gasteiger partial charge in [-0.1, -0.05) is 13.8 Å². The Bertz CT molecular complexity index is 429. The van der Waals surface area contributed by atoms with Gasteiger partial charge in [-0.3, -0.25) is 0 Å². The molecule has 112 valence electrons. The highest BCUT2D eigenvalue weighted by Gasteiger charge is 2.40. The minimum atomic E-state index is 0.101. The maximum Gasteiger partial charge on any atom is 0.119 e. The SMILES string of the molecule is COc1ccc(N(C)C2(CN)CCC(C)(C)CC2)cc1. The van der Waals surface area contributed by atoms with Gasteiger partial charge in [-0.15, -0.1) is 0 Å². The van der Waals surface area contributed by atoms with Crippen molar-refractivity contribution in [3.63, 3.8) is 0 Å². The molecule has 2 rings (SSSR count). The van der Waals surface area contributed by atoms with Crippen molar-refractivity contribution in [3.8, 4) is 5.75 Å². The lowest BCUT2D eigenvalue weighted by Crippen LogP contribution is -2.55.